The molecule has 0 spiro atoms. The molecular weight excluding hydrogens is 318 g/mol. The number of esters is 1. The molecule has 2 amide bonds. The van der Waals surface area contributed by atoms with Crippen LogP contribution in [0.15, 0.2) is 24.3 Å². The van der Waals surface area contributed by atoms with Gasteiger partial charge >= 0.3 is 12.0 Å². The lowest BCUT2D eigenvalue weighted by Gasteiger charge is -2.25. The maximum atomic E-state index is 12.4. The number of urea groups is 1. The molecule has 1 aliphatic heterocycles. The Hall–Kier alpha value is -1.79. The molecule has 1 fully saturated rings. The molecule has 126 valence electrons. The zero-order chi connectivity index (χ0) is 16.8. The number of halogens is 1. The third kappa shape index (κ3) is 4.84. The summed E-state index contributed by atoms with van der Waals surface area (Å²) in [6.45, 7) is 4.44. The van der Waals surface area contributed by atoms with Crippen molar-refractivity contribution in [2.45, 2.75) is 19.4 Å². The predicted molar refractivity (Wildman–Crippen MR) is 89.7 cm³/mol. The second-order valence-corrected chi connectivity index (χ2v) is 5.95. The van der Waals surface area contributed by atoms with Crippen LogP contribution < -0.4 is 5.32 Å². The van der Waals surface area contributed by atoms with Crippen molar-refractivity contribution >= 4 is 29.3 Å². The highest BCUT2D eigenvalue weighted by Crippen LogP contribution is 2.16. The topological polar surface area (TPSA) is 61.9 Å². The Morgan fingerprint density at radius 3 is 2.74 bits per heavy atom. The molecule has 2 rings (SSSR count). The van der Waals surface area contributed by atoms with Gasteiger partial charge in [0, 0.05) is 36.9 Å². The lowest BCUT2D eigenvalue weighted by atomic mass is 10.2. The standard InChI is InChI=1S/C16H22ClN3O3/c1-12(15(21)23-2)19-7-4-8-20(10-9-19)16(22)18-14-6-3-5-13(17)11-14/h3,5-6,11-12H,4,7-10H2,1-2H3,(H,18,22). The smallest absolute Gasteiger partial charge is 0.322 e. The maximum absolute atomic E-state index is 12.4. The van der Waals surface area contributed by atoms with Crippen LogP contribution >= 0.6 is 11.6 Å². The first-order valence-electron chi connectivity index (χ1n) is 7.64. The number of amides is 2. The van der Waals surface area contributed by atoms with E-state index in [1.807, 2.05) is 11.8 Å². The van der Waals surface area contributed by atoms with Crippen LogP contribution in [0.2, 0.25) is 5.02 Å². The van der Waals surface area contributed by atoms with Gasteiger partial charge in [0.15, 0.2) is 0 Å². The minimum absolute atomic E-state index is 0.153. The van der Waals surface area contributed by atoms with Gasteiger partial charge in [-0.2, -0.15) is 0 Å². The second kappa shape index (κ2) is 8.17. The van der Waals surface area contributed by atoms with Crippen LogP contribution in [0, 0.1) is 0 Å². The molecule has 23 heavy (non-hydrogen) atoms. The van der Waals surface area contributed by atoms with Crippen molar-refractivity contribution in [1.82, 2.24) is 9.80 Å². The van der Waals surface area contributed by atoms with Gasteiger partial charge in [0.05, 0.1) is 7.11 Å². The summed E-state index contributed by atoms with van der Waals surface area (Å²) < 4.78 is 4.78. The summed E-state index contributed by atoms with van der Waals surface area (Å²) in [7, 11) is 1.39. The maximum Gasteiger partial charge on any atom is 0.322 e. The van der Waals surface area contributed by atoms with Crippen molar-refractivity contribution in [2.75, 3.05) is 38.6 Å². The largest absolute Gasteiger partial charge is 0.468 e. The molecule has 1 heterocycles. The lowest BCUT2D eigenvalue weighted by molar-refractivity contribution is -0.146. The van der Waals surface area contributed by atoms with E-state index in [2.05, 4.69) is 5.32 Å². The molecule has 1 N–H and O–H groups in total. The van der Waals surface area contributed by atoms with E-state index < -0.39 is 0 Å². The Labute approximate surface area is 141 Å². The molecule has 0 saturated carbocycles. The number of methoxy groups -OCH3 is 1. The minimum Gasteiger partial charge on any atom is -0.468 e. The van der Waals surface area contributed by atoms with Crippen molar-refractivity contribution in [3.8, 4) is 0 Å². The van der Waals surface area contributed by atoms with E-state index in [0.717, 1.165) is 13.0 Å². The molecule has 1 aliphatic rings. The van der Waals surface area contributed by atoms with Crippen molar-refractivity contribution in [2.24, 2.45) is 0 Å². The van der Waals surface area contributed by atoms with E-state index in [4.69, 9.17) is 16.3 Å². The summed E-state index contributed by atoms with van der Waals surface area (Å²) in [5, 5.41) is 3.43. The highest BCUT2D eigenvalue weighted by Gasteiger charge is 2.26. The van der Waals surface area contributed by atoms with Gasteiger partial charge in [-0.3, -0.25) is 9.69 Å². The zero-order valence-electron chi connectivity index (χ0n) is 13.4. The van der Waals surface area contributed by atoms with Crippen LogP contribution in [-0.4, -0.2) is 61.1 Å². The first-order chi connectivity index (χ1) is 11.0. The summed E-state index contributed by atoms with van der Waals surface area (Å²) in [6.07, 6.45) is 0.810. The SMILES string of the molecule is COC(=O)C(C)N1CCCN(C(=O)Nc2cccc(Cl)c2)CC1. The van der Waals surface area contributed by atoms with E-state index in [0.29, 0.717) is 30.3 Å². The van der Waals surface area contributed by atoms with Gasteiger partial charge in [-0.15, -0.1) is 0 Å². The number of rotatable bonds is 3. The monoisotopic (exact) mass is 339 g/mol. The number of ether oxygens (including phenoxy) is 1. The number of carbonyl (C=O) groups is 2. The molecular formula is C16H22ClN3O3. The molecule has 0 aliphatic carbocycles. The first-order valence-corrected chi connectivity index (χ1v) is 8.02. The Morgan fingerprint density at radius 2 is 2.04 bits per heavy atom. The van der Waals surface area contributed by atoms with E-state index in [-0.39, 0.29) is 18.0 Å². The number of carbonyl (C=O) groups excluding carboxylic acids is 2. The fourth-order valence-electron chi connectivity index (χ4n) is 2.62. The quantitative estimate of drug-likeness (QED) is 0.859. The van der Waals surface area contributed by atoms with Crippen molar-refractivity contribution in [3.05, 3.63) is 29.3 Å². The molecule has 6 nitrogen and oxygen atoms in total. The van der Waals surface area contributed by atoms with Crippen LogP contribution in [0.5, 0.6) is 0 Å². The van der Waals surface area contributed by atoms with Crippen LogP contribution in [0.3, 0.4) is 0 Å². The molecule has 0 aromatic heterocycles. The van der Waals surface area contributed by atoms with Crippen LogP contribution in [-0.2, 0) is 9.53 Å². The van der Waals surface area contributed by atoms with Gasteiger partial charge in [-0.1, -0.05) is 17.7 Å². The predicted octanol–water partition coefficient (Wildman–Crippen LogP) is 2.44. The Balaban J connectivity index is 1.92. The fourth-order valence-corrected chi connectivity index (χ4v) is 2.81. The highest BCUT2D eigenvalue weighted by molar-refractivity contribution is 6.30. The van der Waals surface area contributed by atoms with Gasteiger partial charge in [0.1, 0.15) is 6.04 Å². The van der Waals surface area contributed by atoms with Crippen molar-refractivity contribution in [1.29, 1.82) is 0 Å². The third-order valence-electron chi connectivity index (χ3n) is 3.98. The molecule has 1 unspecified atom stereocenters. The van der Waals surface area contributed by atoms with Gasteiger partial charge < -0.3 is 15.0 Å². The molecule has 7 heteroatoms. The molecule has 0 radical (unpaired) electrons. The molecule has 1 atom stereocenters. The van der Waals surface area contributed by atoms with Crippen LogP contribution in [0.25, 0.3) is 0 Å². The minimum atomic E-state index is -0.295. The Kier molecular flexibility index (Phi) is 6.24. The summed E-state index contributed by atoms with van der Waals surface area (Å²) >= 11 is 5.92. The first kappa shape index (κ1) is 17.6. The van der Waals surface area contributed by atoms with Crippen molar-refractivity contribution in [3.63, 3.8) is 0 Å². The van der Waals surface area contributed by atoms with Gasteiger partial charge in [0.2, 0.25) is 0 Å². The average Bonchev–Trinajstić information content (AvgIpc) is 2.79. The van der Waals surface area contributed by atoms with Gasteiger partial charge in [0.25, 0.3) is 0 Å². The number of hydrogen-bond acceptors (Lipinski definition) is 4. The van der Waals surface area contributed by atoms with E-state index in [1.165, 1.54) is 7.11 Å². The van der Waals surface area contributed by atoms with E-state index in [1.54, 1.807) is 29.2 Å². The van der Waals surface area contributed by atoms with E-state index in [9.17, 15) is 9.59 Å². The summed E-state index contributed by atoms with van der Waals surface area (Å²) in [4.78, 5) is 27.8. The number of nitrogens with one attached hydrogen (secondary N) is 1. The molecule has 1 aromatic carbocycles. The summed E-state index contributed by atoms with van der Waals surface area (Å²) in [5.74, 6) is -0.248. The van der Waals surface area contributed by atoms with Gasteiger partial charge in [-0.25, -0.2) is 4.79 Å². The van der Waals surface area contributed by atoms with Crippen LogP contribution in [0.1, 0.15) is 13.3 Å². The number of nitrogens with zero attached hydrogens (tertiary/aromatic N) is 2. The molecule has 1 aromatic rings. The fraction of sp³-hybridized carbons (Fsp3) is 0.500. The highest BCUT2D eigenvalue weighted by atomic mass is 35.5. The molecule has 0 bridgehead atoms. The second-order valence-electron chi connectivity index (χ2n) is 5.52. The molecule has 1 saturated heterocycles. The number of hydrogen-bond donors (Lipinski definition) is 1. The van der Waals surface area contributed by atoms with Crippen LogP contribution in [0.4, 0.5) is 10.5 Å². The summed E-state index contributed by atoms with van der Waals surface area (Å²) in [5.41, 5.74) is 0.673. The van der Waals surface area contributed by atoms with Crippen molar-refractivity contribution < 1.29 is 14.3 Å². The summed E-state index contributed by atoms with van der Waals surface area (Å²) in [6, 6.07) is 6.61. The zero-order valence-corrected chi connectivity index (χ0v) is 14.2. The Morgan fingerprint density at radius 1 is 1.26 bits per heavy atom. The average molecular weight is 340 g/mol. The van der Waals surface area contributed by atoms with Gasteiger partial charge in [-0.05, 0) is 31.5 Å². The number of benzene rings is 1. The number of anilines is 1. The normalized spacial score (nSPS) is 17.3. The lowest BCUT2D eigenvalue weighted by Crippen LogP contribution is -2.43. The third-order valence-corrected chi connectivity index (χ3v) is 4.22. The van der Waals surface area contributed by atoms with E-state index >= 15 is 0 Å². The Bertz CT molecular complexity index is 567.